The zero-order valence-electron chi connectivity index (χ0n) is 13.7. The molecule has 0 unspecified atom stereocenters. The molecule has 2 aromatic rings. The van der Waals surface area contributed by atoms with E-state index in [1.165, 1.54) is 13.3 Å². The number of hydrogen-bond donors (Lipinski definition) is 1. The molecule has 1 heterocycles. The molecule has 7 nitrogen and oxygen atoms in total. The minimum absolute atomic E-state index is 0.237. The maximum absolute atomic E-state index is 12.8. The van der Waals surface area contributed by atoms with Gasteiger partial charge < -0.3 is 4.74 Å². The van der Waals surface area contributed by atoms with Gasteiger partial charge in [-0.1, -0.05) is 35.9 Å². The third-order valence-electron chi connectivity index (χ3n) is 3.74. The molecule has 8 heteroatoms. The van der Waals surface area contributed by atoms with Crippen LogP contribution in [0.2, 0.25) is 5.02 Å². The van der Waals surface area contributed by atoms with Gasteiger partial charge in [0.25, 0.3) is 5.91 Å². The number of anilines is 1. The Labute approximate surface area is 154 Å². The van der Waals surface area contributed by atoms with Gasteiger partial charge in [0.05, 0.1) is 23.5 Å². The summed E-state index contributed by atoms with van der Waals surface area (Å²) >= 11 is 6.02. The van der Waals surface area contributed by atoms with Crippen LogP contribution in [0.4, 0.5) is 16.2 Å². The summed E-state index contributed by atoms with van der Waals surface area (Å²) in [7, 11) is 1.42. The van der Waals surface area contributed by atoms with Crippen molar-refractivity contribution in [2.75, 3.05) is 12.0 Å². The van der Waals surface area contributed by atoms with Gasteiger partial charge in [-0.15, -0.1) is 0 Å². The molecule has 0 spiro atoms. The van der Waals surface area contributed by atoms with Crippen molar-refractivity contribution < 1.29 is 19.1 Å². The third-order valence-corrected chi connectivity index (χ3v) is 4.06. The Hall–Kier alpha value is -3.19. The highest BCUT2D eigenvalue weighted by Crippen LogP contribution is 2.30. The molecular weight excluding hydrogens is 358 g/mol. The number of ether oxygens (including phenoxy) is 1. The Balaban J connectivity index is 1.95. The van der Waals surface area contributed by atoms with Crippen LogP contribution in [0.1, 0.15) is 0 Å². The number of nitrogens with one attached hydrogen (secondary N) is 1. The fourth-order valence-corrected chi connectivity index (χ4v) is 2.66. The quantitative estimate of drug-likeness (QED) is 0.661. The minimum Gasteiger partial charge on any atom is -0.495 e. The van der Waals surface area contributed by atoms with E-state index < -0.39 is 23.8 Å². The summed E-state index contributed by atoms with van der Waals surface area (Å²) in [5.74, 6) is -2.41. The molecule has 1 N–H and O–H groups in total. The number of para-hydroxylation sites is 3. The van der Waals surface area contributed by atoms with Gasteiger partial charge in [-0.05, 0) is 24.3 Å². The summed E-state index contributed by atoms with van der Waals surface area (Å²) in [6.07, 6.45) is 1.17. The number of hydrogen-bond acceptors (Lipinski definition) is 5. The standard InChI is InChI=1S/C18H14ClN3O4/c1-26-15-9-5-4-8-14(15)22-17(24)11(16(23)21-18(22)25)10-20-13-7-3-2-6-12(13)19/h2-11H,1H3,(H,21,23,25)/t11-/m0/s1. The van der Waals surface area contributed by atoms with Crippen molar-refractivity contribution in [1.82, 2.24) is 5.32 Å². The predicted molar refractivity (Wildman–Crippen MR) is 97.1 cm³/mol. The van der Waals surface area contributed by atoms with Gasteiger partial charge in [-0.3, -0.25) is 19.9 Å². The number of methoxy groups -OCH3 is 1. The SMILES string of the molecule is COc1ccccc1N1C(=O)NC(=O)[C@H](C=Nc2ccccc2Cl)C1=O. The van der Waals surface area contributed by atoms with Crippen molar-refractivity contribution >= 4 is 47.0 Å². The molecule has 1 fully saturated rings. The second-order valence-corrected chi connectivity index (χ2v) is 5.75. The van der Waals surface area contributed by atoms with Crippen molar-refractivity contribution in [2.45, 2.75) is 0 Å². The van der Waals surface area contributed by atoms with Gasteiger partial charge in [-0.2, -0.15) is 0 Å². The van der Waals surface area contributed by atoms with E-state index in [-0.39, 0.29) is 5.69 Å². The summed E-state index contributed by atoms with van der Waals surface area (Å²) < 4.78 is 5.19. The number of benzene rings is 2. The Morgan fingerprint density at radius 3 is 2.54 bits per heavy atom. The summed E-state index contributed by atoms with van der Waals surface area (Å²) in [6.45, 7) is 0. The number of carbonyl (C=O) groups is 3. The predicted octanol–water partition coefficient (Wildman–Crippen LogP) is 2.95. The van der Waals surface area contributed by atoms with Crippen LogP contribution in [-0.4, -0.2) is 31.2 Å². The first-order chi connectivity index (χ1) is 12.5. The van der Waals surface area contributed by atoms with Crippen LogP contribution in [0.3, 0.4) is 0 Å². The van der Waals surface area contributed by atoms with Crippen LogP contribution < -0.4 is 15.0 Å². The molecule has 0 radical (unpaired) electrons. The Morgan fingerprint density at radius 2 is 1.81 bits per heavy atom. The van der Waals surface area contributed by atoms with Gasteiger partial charge in [0.1, 0.15) is 5.75 Å². The molecule has 1 aliphatic rings. The zero-order chi connectivity index (χ0) is 18.7. The molecule has 1 saturated heterocycles. The van der Waals surface area contributed by atoms with Gasteiger partial charge >= 0.3 is 6.03 Å². The fourth-order valence-electron chi connectivity index (χ4n) is 2.48. The van der Waals surface area contributed by atoms with Gasteiger partial charge in [-0.25, -0.2) is 9.69 Å². The maximum Gasteiger partial charge on any atom is 0.335 e. The van der Waals surface area contributed by atoms with Crippen molar-refractivity contribution in [3.63, 3.8) is 0 Å². The smallest absolute Gasteiger partial charge is 0.335 e. The van der Waals surface area contributed by atoms with E-state index in [0.29, 0.717) is 16.5 Å². The molecule has 1 aliphatic heterocycles. The molecule has 3 rings (SSSR count). The van der Waals surface area contributed by atoms with E-state index >= 15 is 0 Å². The molecule has 0 aromatic heterocycles. The number of halogens is 1. The molecule has 26 heavy (non-hydrogen) atoms. The number of urea groups is 1. The number of aliphatic imine (C=N–C) groups is 1. The number of imide groups is 2. The highest BCUT2D eigenvalue weighted by Gasteiger charge is 2.41. The van der Waals surface area contributed by atoms with Crippen LogP contribution in [0.5, 0.6) is 5.75 Å². The lowest BCUT2D eigenvalue weighted by Gasteiger charge is -2.29. The lowest BCUT2D eigenvalue weighted by atomic mass is 10.1. The second kappa shape index (κ2) is 7.37. The number of barbiturate groups is 1. The normalized spacial score (nSPS) is 17.5. The molecule has 1 atom stereocenters. The van der Waals surface area contributed by atoms with Gasteiger partial charge in [0.15, 0.2) is 5.92 Å². The van der Waals surface area contributed by atoms with Crippen molar-refractivity contribution in [1.29, 1.82) is 0 Å². The lowest BCUT2D eigenvalue weighted by Crippen LogP contribution is -2.58. The van der Waals surface area contributed by atoms with Crippen molar-refractivity contribution in [3.05, 3.63) is 53.6 Å². The summed E-state index contributed by atoms with van der Waals surface area (Å²) in [5.41, 5.74) is 0.650. The molecule has 0 bridgehead atoms. The zero-order valence-corrected chi connectivity index (χ0v) is 14.4. The highest BCUT2D eigenvalue weighted by atomic mass is 35.5. The first-order valence-corrected chi connectivity index (χ1v) is 8.01. The van der Waals surface area contributed by atoms with Gasteiger partial charge in [0, 0.05) is 6.21 Å². The van der Waals surface area contributed by atoms with Crippen LogP contribution in [0.15, 0.2) is 53.5 Å². The second-order valence-electron chi connectivity index (χ2n) is 5.35. The molecule has 0 aliphatic carbocycles. The van der Waals surface area contributed by atoms with Crippen LogP contribution >= 0.6 is 11.6 Å². The first-order valence-electron chi connectivity index (χ1n) is 7.63. The summed E-state index contributed by atoms with van der Waals surface area (Å²) in [5, 5.41) is 2.54. The Morgan fingerprint density at radius 1 is 1.12 bits per heavy atom. The average Bonchev–Trinajstić information content (AvgIpc) is 2.63. The third kappa shape index (κ3) is 3.29. The maximum atomic E-state index is 12.8. The largest absolute Gasteiger partial charge is 0.495 e. The Kier molecular flexibility index (Phi) is 4.99. The minimum atomic E-state index is -1.27. The average molecular weight is 372 g/mol. The van der Waals surface area contributed by atoms with Crippen LogP contribution in [0, 0.1) is 5.92 Å². The number of rotatable bonds is 4. The van der Waals surface area contributed by atoms with E-state index in [9.17, 15) is 14.4 Å². The monoisotopic (exact) mass is 371 g/mol. The fraction of sp³-hybridized carbons (Fsp3) is 0.111. The summed E-state index contributed by atoms with van der Waals surface area (Å²) in [6, 6.07) is 12.4. The molecule has 0 saturated carbocycles. The topological polar surface area (TPSA) is 88.1 Å². The molecule has 2 aromatic carbocycles. The highest BCUT2D eigenvalue weighted by molar-refractivity contribution is 6.34. The number of carbonyl (C=O) groups excluding carboxylic acids is 3. The molecular formula is C18H14ClN3O4. The van der Waals surface area contributed by atoms with E-state index in [0.717, 1.165) is 4.90 Å². The van der Waals surface area contributed by atoms with Crippen molar-refractivity contribution in [3.8, 4) is 5.75 Å². The summed E-state index contributed by atoms with van der Waals surface area (Å²) in [4.78, 5) is 42.1. The van der Waals surface area contributed by atoms with Gasteiger partial charge in [0.2, 0.25) is 5.91 Å². The van der Waals surface area contributed by atoms with E-state index in [1.54, 1.807) is 48.5 Å². The number of amides is 4. The molecule has 4 amide bonds. The lowest BCUT2D eigenvalue weighted by molar-refractivity contribution is -0.131. The number of nitrogens with zero attached hydrogens (tertiary/aromatic N) is 2. The van der Waals surface area contributed by atoms with Crippen LogP contribution in [0.25, 0.3) is 0 Å². The van der Waals surface area contributed by atoms with Crippen LogP contribution in [-0.2, 0) is 9.59 Å². The van der Waals surface area contributed by atoms with E-state index in [4.69, 9.17) is 16.3 Å². The first kappa shape index (κ1) is 17.6. The van der Waals surface area contributed by atoms with E-state index in [2.05, 4.69) is 10.3 Å². The van der Waals surface area contributed by atoms with Crippen molar-refractivity contribution in [2.24, 2.45) is 10.9 Å². The Bertz CT molecular complexity index is 913. The molecule has 132 valence electrons. The van der Waals surface area contributed by atoms with E-state index in [1.807, 2.05) is 0 Å².